The molecular formula is C32H40N5O9P. The number of carbonyl (C=O) groups excluding carboxylic acids is 2. The monoisotopic (exact) mass is 669 g/mol. The number of hydrogen-bond acceptors (Lipinski definition) is 12. The third kappa shape index (κ3) is 6.86. The molecule has 0 amide bonds. The Balaban J connectivity index is 1.47. The van der Waals surface area contributed by atoms with Crippen LogP contribution in [0.2, 0.25) is 0 Å². The molecule has 2 fully saturated rings. The number of anilines is 1. The summed E-state index contributed by atoms with van der Waals surface area (Å²) in [4.78, 5) is 25.8. The highest BCUT2D eigenvalue weighted by Crippen LogP contribution is 2.51. The van der Waals surface area contributed by atoms with Gasteiger partial charge in [-0.05, 0) is 69.9 Å². The number of carbonyl (C=O) groups is 2. The first kappa shape index (κ1) is 34.3. The number of benzene rings is 1. The van der Waals surface area contributed by atoms with Crippen LogP contribution in [0.25, 0.3) is 5.52 Å². The number of ether oxygens (including phenoxy) is 3. The smallest absolute Gasteiger partial charge is 0.459 e. The molecule has 15 heteroatoms. The maximum absolute atomic E-state index is 14.3. The second kappa shape index (κ2) is 13.6. The number of rotatable bonds is 12. The summed E-state index contributed by atoms with van der Waals surface area (Å²) >= 11 is 0. The lowest BCUT2D eigenvalue weighted by molar-refractivity contribution is -0.168. The molecule has 5 rings (SSSR count). The summed E-state index contributed by atoms with van der Waals surface area (Å²) in [5.41, 5.74) is 2.71. The molecule has 2 aliphatic rings. The van der Waals surface area contributed by atoms with E-state index >= 15 is 0 Å². The second-order valence-electron chi connectivity index (χ2n) is 12.3. The van der Waals surface area contributed by atoms with Crippen LogP contribution in [-0.2, 0) is 38.5 Å². The van der Waals surface area contributed by atoms with Crippen molar-refractivity contribution in [2.75, 3.05) is 12.3 Å². The summed E-state index contributed by atoms with van der Waals surface area (Å²) in [6.45, 7) is 5.40. The van der Waals surface area contributed by atoms with Gasteiger partial charge in [0.2, 0.25) is 5.60 Å². The Labute approximate surface area is 272 Å². The predicted molar refractivity (Wildman–Crippen MR) is 169 cm³/mol. The molecule has 0 bridgehead atoms. The van der Waals surface area contributed by atoms with Gasteiger partial charge in [0.15, 0.2) is 6.10 Å². The van der Waals surface area contributed by atoms with E-state index in [1.54, 1.807) is 56.3 Å². The number of hydrogen-bond donors (Lipinski definition) is 3. The van der Waals surface area contributed by atoms with Crippen molar-refractivity contribution in [3.8, 4) is 11.8 Å². The minimum absolute atomic E-state index is 0.116. The average Bonchev–Trinajstić information content (AvgIpc) is 3.75. The zero-order chi connectivity index (χ0) is 34.0. The van der Waals surface area contributed by atoms with Gasteiger partial charge in [0, 0.05) is 6.20 Å². The Morgan fingerprint density at radius 3 is 2.51 bits per heavy atom. The van der Waals surface area contributed by atoms with Crippen LogP contribution in [0, 0.1) is 17.2 Å². The van der Waals surface area contributed by atoms with Crippen LogP contribution in [0.1, 0.15) is 59.1 Å². The first-order valence-electron chi connectivity index (χ1n) is 15.5. The van der Waals surface area contributed by atoms with Gasteiger partial charge >= 0.3 is 19.7 Å². The van der Waals surface area contributed by atoms with Crippen molar-refractivity contribution in [3.05, 3.63) is 60.4 Å². The van der Waals surface area contributed by atoms with Crippen molar-refractivity contribution in [2.45, 2.75) is 88.9 Å². The van der Waals surface area contributed by atoms with Crippen molar-refractivity contribution in [2.24, 2.45) is 5.92 Å². The van der Waals surface area contributed by atoms with Crippen LogP contribution in [0.5, 0.6) is 5.75 Å². The first-order chi connectivity index (χ1) is 22.3. The zero-order valence-corrected chi connectivity index (χ0v) is 27.6. The van der Waals surface area contributed by atoms with Gasteiger partial charge < -0.3 is 29.6 Å². The summed E-state index contributed by atoms with van der Waals surface area (Å²) < 4.78 is 44.9. The molecule has 1 aromatic carbocycles. The average molecular weight is 670 g/mol. The van der Waals surface area contributed by atoms with Gasteiger partial charge in [0.05, 0.1) is 29.4 Å². The Bertz CT molecular complexity index is 1680. The SMILES string of the molecule is CC(C)C(=O)O[C@@H]1[C@@H](CO[P@@](=O)(N[C@@H](C)C(=O)OC2CCCC2)Oc2ccccc2)O[C@@](C#N)(c2ccc3c(N)ccnn23)[C@]1(C)O. The Kier molecular flexibility index (Phi) is 9.96. The van der Waals surface area contributed by atoms with Gasteiger partial charge in [0.1, 0.15) is 35.7 Å². The third-order valence-corrected chi connectivity index (χ3v) is 10.1. The molecule has 4 N–H and O–H groups in total. The van der Waals surface area contributed by atoms with Crippen molar-refractivity contribution in [1.82, 2.24) is 14.7 Å². The van der Waals surface area contributed by atoms with E-state index in [-0.39, 0.29) is 17.5 Å². The van der Waals surface area contributed by atoms with E-state index in [1.165, 1.54) is 30.6 Å². The Morgan fingerprint density at radius 2 is 1.85 bits per heavy atom. The highest BCUT2D eigenvalue weighted by Gasteiger charge is 2.67. The van der Waals surface area contributed by atoms with E-state index < -0.39 is 61.7 Å². The molecule has 1 saturated heterocycles. The second-order valence-corrected chi connectivity index (χ2v) is 14.0. The molecule has 3 aromatic rings. The lowest BCUT2D eigenvalue weighted by atomic mass is 9.80. The molecule has 0 spiro atoms. The molecule has 0 radical (unpaired) electrons. The first-order valence-corrected chi connectivity index (χ1v) is 17.1. The standard InChI is InChI=1S/C32H40N5O9P/c1-20(2)29(38)44-28-26(45-32(19-33,31(28,4)40)27-15-14-25-24(34)16-17-35-37(25)27)18-42-47(41,46-23-12-6-5-7-13-23)36-21(3)30(39)43-22-10-8-9-11-22/h5-7,12-17,20-22,26,28,40H,8-11,18,34H2,1-4H3,(H,36,41)/t21-,26+,28+,31+,32-,47-/m0/s1. The molecule has 47 heavy (non-hydrogen) atoms. The Morgan fingerprint density at radius 1 is 1.15 bits per heavy atom. The molecule has 6 atom stereocenters. The van der Waals surface area contributed by atoms with Gasteiger partial charge in [-0.2, -0.15) is 15.4 Å². The Hall–Kier alpha value is -3.99. The largest absolute Gasteiger partial charge is 0.461 e. The summed E-state index contributed by atoms with van der Waals surface area (Å²) in [5, 5.41) is 29.6. The molecular weight excluding hydrogens is 629 g/mol. The summed E-state index contributed by atoms with van der Waals surface area (Å²) in [6.07, 6.45) is 1.79. The third-order valence-electron chi connectivity index (χ3n) is 8.42. The molecule has 3 heterocycles. The molecule has 1 aliphatic heterocycles. The molecule has 2 aromatic heterocycles. The quantitative estimate of drug-likeness (QED) is 0.185. The highest BCUT2D eigenvalue weighted by molar-refractivity contribution is 7.52. The topological polar surface area (TPSA) is 197 Å². The van der Waals surface area contributed by atoms with Gasteiger partial charge in [-0.25, -0.2) is 9.08 Å². The number of para-hydroxylation sites is 1. The minimum atomic E-state index is -4.40. The fourth-order valence-corrected chi connectivity index (χ4v) is 7.31. The number of nitrogens with zero attached hydrogens (tertiary/aromatic N) is 3. The van der Waals surface area contributed by atoms with E-state index in [2.05, 4.69) is 16.3 Å². The number of esters is 2. The van der Waals surface area contributed by atoms with Crippen LogP contribution >= 0.6 is 7.75 Å². The molecule has 1 aliphatic carbocycles. The molecule has 1 saturated carbocycles. The number of fused-ring (bicyclic) bond motifs is 1. The maximum Gasteiger partial charge on any atom is 0.459 e. The lowest BCUT2D eigenvalue weighted by Crippen LogP contribution is -2.54. The molecule has 14 nitrogen and oxygen atoms in total. The fraction of sp³-hybridized carbons (Fsp3) is 0.500. The van der Waals surface area contributed by atoms with E-state index in [0.717, 1.165) is 25.7 Å². The number of nitriles is 1. The van der Waals surface area contributed by atoms with E-state index in [9.17, 15) is 24.5 Å². The number of aromatic nitrogens is 2. The normalized spacial score (nSPS) is 26.5. The molecule has 0 unspecified atom stereocenters. The predicted octanol–water partition coefficient (Wildman–Crippen LogP) is 4.02. The van der Waals surface area contributed by atoms with Crippen molar-refractivity contribution < 1.29 is 42.5 Å². The number of aliphatic hydroxyl groups is 1. The van der Waals surface area contributed by atoms with Crippen LogP contribution in [-0.4, -0.2) is 63.2 Å². The van der Waals surface area contributed by atoms with Crippen LogP contribution in [0.4, 0.5) is 5.69 Å². The van der Waals surface area contributed by atoms with E-state index in [4.69, 9.17) is 29.0 Å². The lowest BCUT2D eigenvalue weighted by Gasteiger charge is -2.34. The van der Waals surface area contributed by atoms with Crippen molar-refractivity contribution in [3.63, 3.8) is 0 Å². The maximum atomic E-state index is 14.3. The van der Waals surface area contributed by atoms with Crippen LogP contribution in [0.15, 0.2) is 54.7 Å². The van der Waals surface area contributed by atoms with E-state index in [0.29, 0.717) is 11.2 Å². The highest BCUT2D eigenvalue weighted by atomic mass is 31.2. The van der Waals surface area contributed by atoms with Gasteiger partial charge in [-0.3, -0.25) is 14.1 Å². The van der Waals surface area contributed by atoms with Crippen LogP contribution < -0.4 is 15.3 Å². The number of nitrogens with two attached hydrogens (primary N) is 1. The minimum Gasteiger partial charge on any atom is -0.461 e. The summed E-state index contributed by atoms with van der Waals surface area (Å²) in [7, 11) is -4.40. The van der Waals surface area contributed by atoms with Crippen molar-refractivity contribution >= 4 is 30.9 Å². The van der Waals surface area contributed by atoms with Crippen LogP contribution in [0.3, 0.4) is 0 Å². The van der Waals surface area contributed by atoms with Crippen molar-refractivity contribution in [1.29, 1.82) is 5.26 Å². The van der Waals surface area contributed by atoms with E-state index in [1.807, 2.05) is 0 Å². The summed E-state index contributed by atoms with van der Waals surface area (Å²) in [5.74, 6) is -1.72. The summed E-state index contributed by atoms with van der Waals surface area (Å²) in [6, 6.07) is 13.9. The number of nitrogen functional groups attached to an aromatic ring is 1. The fourth-order valence-electron chi connectivity index (χ4n) is 5.81. The van der Waals surface area contributed by atoms with Gasteiger partial charge in [-0.1, -0.05) is 32.0 Å². The van der Waals surface area contributed by atoms with Gasteiger partial charge in [0.25, 0.3) is 0 Å². The molecule has 252 valence electrons. The van der Waals surface area contributed by atoms with Gasteiger partial charge in [-0.15, -0.1) is 0 Å². The zero-order valence-electron chi connectivity index (χ0n) is 26.7. The number of nitrogens with one attached hydrogen (secondary N) is 1.